The molecular formula is C16H22N2O. The first kappa shape index (κ1) is 12.7. The molecule has 3 nitrogen and oxygen atoms in total. The van der Waals surface area contributed by atoms with E-state index in [4.69, 9.17) is 0 Å². The molecule has 1 aromatic carbocycles. The van der Waals surface area contributed by atoms with Crippen LogP contribution in [0.4, 0.5) is 5.69 Å². The van der Waals surface area contributed by atoms with Crippen LogP contribution in [0.5, 0.6) is 0 Å². The summed E-state index contributed by atoms with van der Waals surface area (Å²) in [6.07, 6.45) is 3.74. The summed E-state index contributed by atoms with van der Waals surface area (Å²) in [4.78, 5) is 11.9. The van der Waals surface area contributed by atoms with Gasteiger partial charge in [0.2, 0.25) is 5.91 Å². The van der Waals surface area contributed by atoms with Crippen LogP contribution >= 0.6 is 0 Å². The zero-order valence-electron chi connectivity index (χ0n) is 12.0. The van der Waals surface area contributed by atoms with Gasteiger partial charge in [-0.15, -0.1) is 0 Å². The molecule has 1 aliphatic heterocycles. The van der Waals surface area contributed by atoms with E-state index in [0.717, 1.165) is 24.2 Å². The van der Waals surface area contributed by atoms with Crippen molar-refractivity contribution in [2.75, 3.05) is 18.9 Å². The Kier molecular flexibility index (Phi) is 2.72. The van der Waals surface area contributed by atoms with Crippen molar-refractivity contribution < 1.29 is 4.79 Å². The molecule has 1 saturated carbocycles. The highest BCUT2D eigenvalue weighted by molar-refractivity contribution is 6.05. The maximum Gasteiger partial charge on any atom is 0.234 e. The molecule has 0 spiro atoms. The number of nitrogens with one attached hydrogen (secondary N) is 2. The highest BCUT2D eigenvalue weighted by Gasteiger charge is 2.43. The topological polar surface area (TPSA) is 41.1 Å². The van der Waals surface area contributed by atoms with Crippen molar-refractivity contribution in [3.05, 3.63) is 29.3 Å². The third-order valence-corrected chi connectivity index (χ3v) is 4.66. The van der Waals surface area contributed by atoms with Crippen LogP contribution in [0, 0.1) is 5.41 Å². The summed E-state index contributed by atoms with van der Waals surface area (Å²) in [5.74, 6) is 0.107. The standard InChI is InChI=1S/C16H22N2O/c1-15(2)12-8-11(4-5-13(12)18-14(15)19)9-16(6-7-16)10-17-3/h4-5,8,17H,6-7,9-10H2,1-3H3,(H,18,19). The minimum Gasteiger partial charge on any atom is -0.325 e. The monoisotopic (exact) mass is 258 g/mol. The Labute approximate surface area is 114 Å². The molecule has 1 aliphatic carbocycles. The maximum absolute atomic E-state index is 11.9. The SMILES string of the molecule is CNCC1(Cc2ccc3c(c2)C(C)(C)C(=O)N3)CC1. The zero-order valence-corrected chi connectivity index (χ0v) is 12.0. The third kappa shape index (κ3) is 2.06. The average Bonchev–Trinajstić information content (AvgIpc) is 3.06. The molecule has 3 rings (SSSR count). The van der Waals surface area contributed by atoms with E-state index in [1.807, 2.05) is 20.9 Å². The van der Waals surface area contributed by atoms with Gasteiger partial charge >= 0.3 is 0 Å². The maximum atomic E-state index is 11.9. The van der Waals surface area contributed by atoms with Gasteiger partial charge in [0.15, 0.2) is 0 Å². The Morgan fingerprint density at radius 3 is 2.68 bits per heavy atom. The summed E-state index contributed by atoms with van der Waals surface area (Å²) in [5.41, 5.74) is 3.55. The van der Waals surface area contributed by atoms with Gasteiger partial charge in [0.25, 0.3) is 0 Å². The molecule has 0 bridgehead atoms. The summed E-state index contributed by atoms with van der Waals surface area (Å²) in [6.45, 7) is 5.08. The van der Waals surface area contributed by atoms with Crippen LogP contribution in [0.1, 0.15) is 37.8 Å². The lowest BCUT2D eigenvalue weighted by atomic mass is 9.84. The fourth-order valence-electron chi connectivity index (χ4n) is 3.13. The minimum absolute atomic E-state index is 0.107. The zero-order chi connectivity index (χ0) is 13.7. The third-order valence-electron chi connectivity index (χ3n) is 4.66. The Hall–Kier alpha value is -1.35. The number of carbonyl (C=O) groups excluding carboxylic acids is 1. The second-order valence-electron chi connectivity index (χ2n) is 6.67. The van der Waals surface area contributed by atoms with Crippen molar-refractivity contribution in [3.8, 4) is 0 Å². The average molecular weight is 258 g/mol. The van der Waals surface area contributed by atoms with E-state index in [1.165, 1.54) is 18.4 Å². The summed E-state index contributed by atoms with van der Waals surface area (Å²) >= 11 is 0. The molecule has 0 radical (unpaired) electrons. The summed E-state index contributed by atoms with van der Waals surface area (Å²) < 4.78 is 0. The molecule has 2 aliphatic rings. The van der Waals surface area contributed by atoms with Crippen molar-refractivity contribution >= 4 is 11.6 Å². The number of fused-ring (bicyclic) bond motifs is 1. The minimum atomic E-state index is -0.398. The first-order chi connectivity index (χ1) is 8.97. The fourth-order valence-corrected chi connectivity index (χ4v) is 3.13. The highest BCUT2D eigenvalue weighted by atomic mass is 16.2. The lowest BCUT2D eigenvalue weighted by molar-refractivity contribution is -0.119. The smallest absolute Gasteiger partial charge is 0.234 e. The summed E-state index contributed by atoms with van der Waals surface area (Å²) in [7, 11) is 2.02. The Morgan fingerprint density at radius 2 is 2.05 bits per heavy atom. The molecule has 0 saturated heterocycles. The van der Waals surface area contributed by atoms with Crippen LogP contribution in [-0.4, -0.2) is 19.5 Å². The number of anilines is 1. The van der Waals surface area contributed by atoms with E-state index >= 15 is 0 Å². The first-order valence-corrected chi connectivity index (χ1v) is 7.06. The van der Waals surface area contributed by atoms with Crippen LogP contribution in [0.15, 0.2) is 18.2 Å². The molecule has 3 heteroatoms. The van der Waals surface area contributed by atoms with Gasteiger partial charge in [0.1, 0.15) is 0 Å². The second-order valence-corrected chi connectivity index (χ2v) is 6.67. The van der Waals surface area contributed by atoms with E-state index in [2.05, 4.69) is 28.8 Å². The van der Waals surface area contributed by atoms with Crippen molar-refractivity contribution in [1.29, 1.82) is 0 Å². The van der Waals surface area contributed by atoms with Crippen molar-refractivity contribution in [2.45, 2.75) is 38.5 Å². The van der Waals surface area contributed by atoms with E-state index in [0.29, 0.717) is 5.41 Å². The highest BCUT2D eigenvalue weighted by Crippen LogP contribution is 2.48. The summed E-state index contributed by atoms with van der Waals surface area (Å²) in [6, 6.07) is 6.45. The number of rotatable bonds is 4. The van der Waals surface area contributed by atoms with E-state index in [9.17, 15) is 4.79 Å². The molecule has 0 aromatic heterocycles. The van der Waals surface area contributed by atoms with Crippen LogP contribution in [0.25, 0.3) is 0 Å². The molecule has 19 heavy (non-hydrogen) atoms. The molecule has 102 valence electrons. The number of hydrogen-bond acceptors (Lipinski definition) is 2. The van der Waals surface area contributed by atoms with Gasteiger partial charge in [-0.05, 0) is 62.8 Å². The van der Waals surface area contributed by atoms with Crippen LogP contribution in [-0.2, 0) is 16.6 Å². The molecule has 1 aromatic rings. The van der Waals surface area contributed by atoms with Gasteiger partial charge in [-0.25, -0.2) is 0 Å². The number of hydrogen-bond donors (Lipinski definition) is 2. The van der Waals surface area contributed by atoms with Gasteiger partial charge in [-0.1, -0.05) is 12.1 Å². The van der Waals surface area contributed by atoms with Gasteiger partial charge < -0.3 is 10.6 Å². The van der Waals surface area contributed by atoms with Crippen LogP contribution in [0.2, 0.25) is 0 Å². The largest absolute Gasteiger partial charge is 0.325 e. The van der Waals surface area contributed by atoms with E-state index < -0.39 is 5.41 Å². The van der Waals surface area contributed by atoms with E-state index in [1.54, 1.807) is 0 Å². The van der Waals surface area contributed by atoms with E-state index in [-0.39, 0.29) is 5.91 Å². The summed E-state index contributed by atoms with van der Waals surface area (Å²) in [5, 5.41) is 6.27. The quantitative estimate of drug-likeness (QED) is 0.871. The molecule has 1 fully saturated rings. The fraction of sp³-hybridized carbons (Fsp3) is 0.562. The predicted octanol–water partition coefficient (Wildman–Crippen LogP) is 2.46. The van der Waals surface area contributed by atoms with Gasteiger partial charge in [-0.2, -0.15) is 0 Å². The number of carbonyl (C=O) groups is 1. The predicted molar refractivity (Wildman–Crippen MR) is 77.4 cm³/mol. The molecule has 0 atom stereocenters. The Morgan fingerprint density at radius 1 is 1.32 bits per heavy atom. The second kappa shape index (κ2) is 4.07. The van der Waals surface area contributed by atoms with Crippen molar-refractivity contribution in [2.24, 2.45) is 5.41 Å². The molecule has 2 N–H and O–H groups in total. The lowest BCUT2D eigenvalue weighted by Crippen LogP contribution is -2.27. The van der Waals surface area contributed by atoms with Crippen molar-refractivity contribution in [3.63, 3.8) is 0 Å². The van der Waals surface area contributed by atoms with Crippen LogP contribution < -0.4 is 10.6 Å². The van der Waals surface area contributed by atoms with Crippen LogP contribution in [0.3, 0.4) is 0 Å². The Balaban J connectivity index is 1.87. The van der Waals surface area contributed by atoms with Gasteiger partial charge in [0.05, 0.1) is 5.41 Å². The molecule has 1 amide bonds. The van der Waals surface area contributed by atoms with Crippen molar-refractivity contribution in [1.82, 2.24) is 5.32 Å². The normalized spacial score (nSPS) is 21.9. The number of benzene rings is 1. The lowest BCUT2D eigenvalue weighted by Gasteiger charge is -2.18. The molecular weight excluding hydrogens is 236 g/mol. The molecule has 1 heterocycles. The molecule has 0 unspecified atom stereocenters. The first-order valence-electron chi connectivity index (χ1n) is 7.06. The Bertz CT molecular complexity index is 530. The number of amides is 1. The van der Waals surface area contributed by atoms with Gasteiger partial charge in [0, 0.05) is 12.2 Å². The van der Waals surface area contributed by atoms with Gasteiger partial charge in [-0.3, -0.25) is 4.79 Å².